The first-order valence-corrected chi connectivity index (χ1v) is 5.53. The Labute approximate surface area is 81.0 Å². The van der Waals surface area contributed by atoms with Gasteiger partial charge in [-0.15, -0.1) is 0 Å². The van der Waals surface area contributed by atoms with E-state index in [1.807, 2.05) is 0 Å². The maximum atomic E-state index is 3.48. The maximum absolute atomic E-state index is 3.48. The summed E-state index contributed by atoms with van der Waals surface area (Å²) < 4.78 is 0. The zero-order chi connectivity index (χ0) is 8.93. The number of rotatable bonds is 3. The van der Waals surface area contributed by atoms with Crippen LogP contribution in [0.25, 0.3) is 0 Å². The van der Waals surface area contributed by atoms with Gasteiger partial charge in [-0.2, -0.15) is 0 Å². The molecule has 2 nitrogen and oxygen atoms in total. The summed E-state index contributed by atoms with van der Waals surface area (Å²) in [6.07, 6.45) is 8.75. The molecule has 0 aliphatic carbocycles. The third kappa shape index (κ3) is 2.82. The Balaban J connectivity index is 1.61. The summed E-state index contributed by atoms with van der Waals surface area (Å²) >= 11 is 0. The molecule has 1 unspecified atom stereocenters. The lowest BCUT2D eigenvalue weighted by atomic mass is 9.96. The van der Waals surface area contributed by atoms with E-state index in [1.165, 1.54) is 52.0 Å². The van der Waals surface area contributed by atoms with Crippen molar-refractivity contribution in [3.05, 3.63) is 12.2 Å². The third-order valence-corrected chi connectivity index (χ3v) is 3.15. The number of nitrogens with zero attached hydrogens (tertiary/aromatic N) is 1. The van der Waals surface area contributed by atoms with Crippen molar-refractivity contribution in [1.82, 2.24) is 10.2 Å². The van der Waals surface area contributed by atoms with Gasteiger partial charge in [0.15, 0.2) is 0 Å². The minimum Gasteiger partial charge on any atom is -0.316 e. The fraction of sp³-hybridized carbons (Fsp3) is 0.818. The van der Waals surface area contributed by atoms with E-state index in [1.54, 1.807) is 0 Å². The molecule has 0 amide bonds. The Hall–Kier alpha value is -0.340. The summed E-state index contributed by atoms with van der Waals surface area (Å²) in [6, 6.07) is 0. The van der Waals surface area contributed by atoms with Crippen molar-refractivity contribution in [1.29, 1.82) is 0 Å². The molecule has 2 aliphatic rings. The largest absolute Gasteiger partial charge is 0.316 e. The second-order valence-electron chi connectivity index (χ2n) is 4.23. The lowest BCUT2D eigenvalue weighted by Crippen LogP contribution is -2.32. The van der Waals surface area contributed by atoms with Crippen LogP contribution in [0.15, 0.2) is 12.2 Å². The second-order valence-corrected chi connectivity index (χ2v) is 4.23. The van der Waals surface area contributed by atoms with Gasteiger partial charge in [-0.3, -0.25) is 4.90 Å². The first-order chi connectivity index (χ1) is 6.45. The minimum absolute atomic E-state index is 0.939. The van der Waals surface area contributed by atoms with Crippen LogP contribution in [0.2, 0.25) is 0 Å². The van der Waals surface area contributed by atoms with Gasteiger partial charge in [0.1, 0.15) is 0 Å². The van der Waals surface area contributed by atoms with Crippen LogP contribution in [0.5, 0.6) is 0 Å². The molecule has 2 heterocycles. The molecule has 0 radical (unpaired) electrons. The summed E-state index contributed by atoms with van der Waals surface area (Å²) in [5, 5.41) is 3.48. The predicted molar refractivity (Wildman–Crippen MR) is 55.8 cm³/mol. The molecule has 2 rings (SSSR count). The highest BCUT2D eigenvalue weighted by molar-refractivity contribution is 4.95. The normalized spacial score (nSPS) is 29.7. The van der Waals surface area contributed by atoms with Gasteiger partial charge < -0.3 is 5.32 Å². The van der Waals surface area contributed by atoms with E-state index < -0.39 is 0 Å². The molecule has 0 aromatic carbocycles. The maximum Gasteiger partial charge on any atom is 0.0166 e. The highest BCUT2D eigenvalue weighted by Crippen LogP contribution is 2.15. The lowest BCUT2D eigenvalue weighted by Gasteiger charge is -2.24. The highest BCUT2D eigenvalue weighted by atomic mass is 15.1. The van der Waals surface area contributed by atoms with Gasteiger partial charge in [0.25, 0.3) is 0 Å². The fourth-order valence-electron chi connectivity index (χ4n) is 2.24. The van der Waals surface area contributed by atoms with E-state index in [9.17, 15) is 0 Å². The topological polar surface area (TPSA) is 15.3 Å². The molecule has 0 saturated carbocycles. The van der Waals surface area contributed by atoms with E-state index in [4.69, 9.17) is 0 Å². The Morgan fingerprint density at radius 2 is 2.15 bits per heavy atom. The van der Waals surface area contributed by atoms with E-state index >= 15 is 0 Å². The first-order valence-electron chi connectivity index (χ1n) is 5.53. The van der Waals surface area contributed by atoms with Crippen LogP contribution in [0, 0.1) is 5.92 Å². The van der Waals surface area contributed by atoms with Crippen LogP contribution < -0.4 is 5.32 Å². The number of hydrogen-bond donors (Lipinski definition) is 1. The summed E-state index contributed by atoms with van der Waals surface area (Å²) in [6.45, 7) is 6.14. The van der Waals surface area contributed by atoms with Crippen molar-refractivity contribution < 1.29 is 0 Å². The molecule has 13 heavy (non-hydrogen) atoms. The van der Waals surface area contributed by atoms with E-state index in [-0.39, 0.29) is 0 Å². The molecular formula is C11H20N2. The quantitative estimate of drug-likeness (QED) is 0.658. The predicted octanol–water partition coefficient (Wildman–Crippen LogP) is 1.25. The minimum atomic E-state index is 0.939. The molecule has 2 heteroatoms. The van der Waals surface area contributed by atoms with Gasteiger partial charge in [0.2, 0.25) is 0 Å². The van der Waals surface area contributed by atoms with E-state index in [0.29, 0.717) is 0 Å². The van der Waals surface area contributed by atoms with Crippen LogP contribution in [0.1, 0.15) is 19.3 Å². The van der Waals surface area contributed by atoms with Gasteiger partial charge >= 0.3 is 0 Å². The second kappa shape index (κ2) is 4.77. The Bertz CT molecular complexity index is 163. The van der Waals surface area contributed by atoms with Crippen LogP contribution in [-0.4, -0.2) is 37.6 Å². The molecule has 0 aromatic rings. The molecule has 0 spiro atoms. The van der Waals surface area contributed by atoms with Crippen LogP contribution in [-0.2, 0) is 0 Å². The Morgan fingerprint density at radius 1 is 1.31 bits per heavy atom. The monoisotopic (exact) mass is 180 g/mol. The number of nitrogens with one attached hydrogen (secondary N) is 1. The molecular weight excluding hydrogens is 160 g/mol. The standard InChI is InChI=1S/C11H20N2/c1-2-8-13(7-1)9-5-11-4-3-6-12-10-11/h1-2,11-12H,3-10H2. The molecule has 1 atom stereocenters. The lowest BCUT2D eigenvalue weighted by molar-refractivity contribution is 0.281. The van der Waals surface area contributed by atoms with Crippen molar-refractivity contribution >= 4 is 0 Å². The van der Waals surface area contributed by atoms with Gasteiger partial charge in [0, 0.05) is 13.1 Å². The summed E-state index contributed by atoms with van der Waals surface area (Å²) in [7, 11) is 0. The molecule has 1 N–H and O–H groups in total. The van der Waals surface area contributed by atoms with Gasteiger partial charge in [-0.1, -0.05) is 12.2 Å². The molecule has 0 aromatic heterocycles. The molecule has 2 aliphatic heterocycles. The van der Waals surface area contributed by atoms with Crippen molar-refractivity contribution in [3.63, 3.8) is 0 Å². The zero-order valence-electron chi connectivity index (χ0n) is 8.34. The Kier molecular flexibility index (Phi) is 3.39. The van der Waals surface area contributed by atoms with Gasteiger partial charge in [-0.05, 0) is 44.8 Å². The van der Waals surface area contributed by atoms with Crippen molar-refractivity contribution in [3.8, 4) is 0 Å². The summed E-state index contributed by atoms with van der Waals surface area (Å²) in [4.78, 5) is 2.52. The zero-order valence-corrected chi connectivity index (χ0v) is 8.34. The summed E-state index contributed by atoms with van der Waals surface area (Å²) in [5.74, 6) is 0.939. The fourth-order valence-corrected chi connectivity index (χ4v) is 2.24. The SMILES string of the molecule is C1=CCN(CCC2CCCNC2)C1. The van der Waals surface area contributed by atoms with Crippen molar-refractivity contribution in [2.75, 3.05) is 32.7 Å². The van der Waals surface area contributed by atoms with Crippen molar-refractivity contribution in [2.45, 2.75) is 19.3 Å². The molecule has 1 fully saturated rings. The third-order valence-electron chi connectivity index (χ3n) is 3.15. The van der Waals surface area contributed by atoms with Crippen LogP contribution in [0.4, 0.5) is 0 Å². The molecule has 74 valence electrons. The van der Waals surface area contributed by atoms with Crippen molar-refractivity contribution in [2.24, 2.45) is 5.92 Å². The number of hydrogen-bond acceptors (Lipinski definition) is 2. The van der Waals surface area contributed by atoms with Gasteiger partial charge in [-0.25, -0.2) is 0 Å². The smallest absolute Gasteiger partial charge is 0.0166 e. The Morgan fingerprint density at radius 3 is 2.85 bits per heavy atom. The van der Waals surface area contributed by atoms with Crippen LogP contribution >= 0.6 is 0 Å². The van der Waals surface area contributed by atoms with E-state index in [2.05, 4.69) is 22.4 Å². The van der Waals surface area contributed by atoms with E-state index in [0.717, 1.165) is 5.92 Å². The van der Waals surface area contributed by atoms with Gasteiger partial charge in [0.05, 0.1) is 0 Å². The average Bonchev–Trinajstić information content (AvgIpc) is 2.69. The average molecular weight is 180 g/mol. The molecule has 1 saturated heterocycles. The highest BCUT2D eigenvalue weighted by Gasteiger charge is 2.14. The van der Waals surface area contributed by atoms with Crippen LogP contribution in [0.3, 0.4) is 0 Å². The first kappa shape index (κ1) is 9.22. The summed E-state index contributed by atoms with van der Waals surface area (Å²) in [5.41, 5.74) is 0. The number of piperidine rings is 1. The molecule has 0 bridgehead atoms.